The first-order valence-corrected chi connectivity index (χ1v) is 10.4. The van der Waals surface area contributed by atoms with Gasteiger partial charge < -0.3 is 9.64 Å². The standard InChI is InChI=1S/C24H34N2O.ClH/c1-21(2)19-27-20-24(25-15-9-10-16-25)18-26(23-13-7-4-8-14-23)17-22-11-5-3-6-12-22;/h3-8,11-14,21,24H,9-10,15-20H2,1-2H3;1H/t24-;/m1./s1. The van der Waals surface area contributed by atoms with Crippen molar-refractivity contribution in [1.29, 1.82) is 0 Å². The lowest BCUT2D eigenvalue weighted by Crippen LogP contribution is -2.45. The lowest BCUT2D eigenvalue weighted by molar-refractivity contribution is 0.0567. The number of anilines is 1. The van der Waals surface area contributed by atoms with E-state index >= 15 is 0 Å². The molecular weight excluding hydrogens is 368 g/mol. The zero-order valence-corrected chi connectivity index (χ0v) is 18.1. The first-order chi connectivity index (χ1) is 13.2. The molecule has 0 bridgehead atoms. The monoisotopic (exact) mass is 402 g/mol. The third-order valence-electron chi connectivity index (χ3n) is 5.19. The van der Waals surface area contributed by atoms with Gasteiger partial charge in [-0.3, -0.25) is 4.90 Å². The molecule has 3 nitrogen and oxygen atoms in total. The van der Waals surface area contributed by atoms with Crippen molar-refractivity contribution < 1.29 is 4.74 Å². The van der Waals surface area contributed by atoms with Crippen molar-refractivity contribution >= 4 is 18.1 Å². The number of halogens is 1. The second-order valence-corrected chi connectivity index (χ2v) is 8.03. The molecule has 4 heteroatoms. The van der Waals surface area contributed by atoms with Gasteiger partial charge in [-0.15, -0.1) is 12.4 Å². The van der Waals surface area contributed by atoms with E-state index in [0.29, 0.717) is 12.0 Å². The van der Waals surface area contributed by atoms with Crippen LogP contribution in [0.4, 0.5) is 5.69 Å². The summed E-state index contributed by atoms with van der Waals surface area (Å²) in [7, 11) is 0. The molecule has 0 aliphatic carbocycles. The normalized spacial score (nSPS) is 15.4. The van der Waals surface area contributed by atoms with Crippen LogP contribution in [0, 0.1) is 5.92 Å². The van der Waals surface area contributed by atoms with Crippen molar-refractivity contribution in [1.82, 2.24) is 4.90 Å². The highest BCUT2D eigenvalue weighted by Gasteiger charge is 2.25. The fraction of sp³-hybridized carbons (Fsp3) is 0.500. The molecule has 3 rings (SSSR count). The molecule has 1 saturated heterocycles. The molecule has 0 spiro atoms. The van der Waals surface area contributed by atoms with Gasteiger partial charge in [0.2, 0.25) is 0 Å². The summed E-state index contributed by atoms with van der Waals surface area (Å²) in [6.45, 7) is 10.4. The number of para-hydroxylation sites is 1. The molecule has 0 aromatic heterocycles. The Labute approximate surface area is 177 Å². The Balaban J connectivity index is 0.00000280. The van der Waals surface area contributed by atoms with Gasteiger partial charge >= 0.3 is 0 Å². The Kier molecular flexibility index (Phi) is 9.83. The third-order valence-corrected chi connectivity index (χ3v) is 5.19. The average molecular weight is 403 g/mol. The summed E-state index contributed by atoms with van der Waals surface area (Å²) in [4.78, 5) is 5.14. The molecule has 1 aliphatic heterocycles. The Morgan fingerprint density at radius 1 is 0.893 bits per heavy atom. The van der Waals surface area contributed by atoms with Crippen molar-refractivity contribution in [2.45, 2.75) is 39.3 Å². The van der Waals surface area contributed by atoms with Crippen molar-refractivity contribution in [3.63, 3.8) is 0 Å². The minimum atomic E-state index is 0. The molecule has 0 N–H and O–H groups in total. The Morgan fingerprint density at radius 2 is 1.50 bits per heavy atom. The van der Waals surface area contributed by atoms with E-state index in [1.165, 1.54) is 37.2 Å². The van der Waals surface area contributed by atoms with Gasteiger partial charge in [0.15, 0.2) is 0 Å². The van der Waals surface area contributed by atoms with Crippen LogP contribution in [-0.2, 0) is 11.3 Å². The molecule has 1 aliphatic rings. The first kappa shape index (κ1) is 22.7. The molecule has 2 aromatic carbocycles. The predicted molar refractivity (Wildman–Crippen MR) is 121 cm³/mol. The summed E-state index contributed by atoms with van der Waals surface area (Å²) < 4.78 is 6.09. The number of rotatable bonds is 10. The third kappa shape index (κ3) is 7.12. The molecule has 0 saturated carbocycles. The van der Waals surface area contributed by atoms with Crippen LogP contribution < -0.4 is 4.90 Å². The Bertz CT molecular complexity index is 644. The largest absolute Gasteiger partial charge is 0.379 e. The summed E-state index contributed by atoms with van der Waals surface area (Å²) in [6, 6.07) is 22.0. The lowest BCUT2D eigenvalue weighted by atomic mass is 10.1. The molecule has 1 heterocycles. The fourth-order valence-corrected chi connectivity index (χ4v) is 3.78. The van der Waals surface area contributed by atoms with Gasteiger partial charge in [-0.2, -0.15) is 0 Å². The number of hydrogen-bond donors (Lipinski definition) is 0. The Hall–Kier alpha value is -1.55. The fourth-order valence-electron chi connectivity index (χ4n) is 3.78. The number of benzene rings is 2. The van der Waals surface area contributed by atoms with E-state index in [4.69, 9.17) is 4.74 Å². The summed E-state index contributed by atoms with van der Waals surface area (Å²) in [5.74, 6) is 0.582. The maximum absolute atomic E-state index is 6.09. The van der Waals surface area contributed by atoms with Gasteiger partial charge in [-0.05, 0) is 49.5 Å². The lowest BCUT2D eigenvalue weighted by Gasteiger charge is -2.34. The van der Waals surface area contributed by atoms with Crippen molar-refractivity contribution in [3.05, 3.63) is 66.2 Å². The van der Waals surface area contributed by atoms with Gasteiger partial charge in [0.1, 0.15) is 0 Å². The van der Waals surface area contributed by atoms with E-state index in [2.05, 4.69) is 84.3 Å². The summed E-state index contributed by atoms with van der Waals surface area (Å²) in [5, 5.41) is 0. The minimum Gasteiger partial charge on any atom is -0.379 e. The highest BCUT2D eigenvalue weighted by atomic mass is 35.5. The molecule has 2 aromatic rings. The zero-order valence-electron chi connectivity index (χ0n) is 17.3. The number of likely N-dealkylation sites (tertiary alicyclic amines) is 1. The van der Waals surface area contributed by atoms with E-state index in [-0.39, 0.29) is 12.4 Å². The smallest absolute Gasteiger partial charge is 0.0639 e. The number of ether oxygens (including phenoxy) is 1. The second kappa shape index (κ2) is 12.1. The molecule has 154 valence electrons. The molecule has 28 heavy (non-hydrogen) atoms. The molecular formula is C24H35ClN2O. The van der Waals surface area contributed by atoms with E-state index in [1.807, 2.05) is 0 Å². The quantitative estimate of drug-likeness (QED) is 0.539. The van der Waals surface area contributed by atoms with Gasteiger partial charge in [0.25, 0.3) is 0 Å². The van der Waals surface area contributed by atoms with Crippen LogP contribution >= 0.6 is 12.4 Å². The maximum atomic E-state index is 6.09. The predicted octanol–water partition coefficient (Wildman–Crippen LogP) is 5.25. The molecule has 0 radical (unpaired) electrons. The van der Waals surface area contributed by atoms with E-state index in [1.54, 1.807) is 0 Å². The topological polar surface area (TPSA) is 15.7 Å². The van der Waals surface area contributed by atoms with E-state index in [0.717, 1.165) is 26.3 Å². The van der Waals surface area contributed by atoms with Crippen molar-refractivity contribution in [2.75, 3.05) is 37.7 Å². The second-order valence-electron chi connectivity index (χ2n) is 8.03. The van der Waals surface area contributed by atoms with Crippen LogP contribution in [0.2, 0.25) is 0 Å². The van der Waals surface area contributed by atoms with Crippen LogP contribution in [-0.4, -0.2) is 43.8 Å². The molecule has 1 atom stereocenters. The van der Waals surface area contributed by atoms with Crippen molar-refractivity contribution in [3.8, 4) is 0 Å². The van der Waals surface area contributed by atoms with Gasteiger partial charge in [0.05, 0.1) is 12.6 Å². The number of hydrogen-bond acceptors (Lipinski definition) is 3. The van der Waals surface area contributed by atoms with Gasteiger partial charge in [0, 0.05) is 25.4 Å². The minimum absolute atomic E-state index is 0. The summed E-state index contributed by atoms with van der Waals surface area (Å²) in [5.41, 5.74) is 2.64. The van der Waals surface area contributed by atoms with Crippen LogP contribution in [0.25, 0.3) is 0 Å². The summed E-state index contributed by atoms with van der Waals surface area (Å²) in [6.07, 6.45) is 2.62. The van der Waals surface area contributed by atoms with Gasteiger partial charge in [-0.25, -0.2) is 0 Å². The van der Waals surface area contributed by atoms with Crippen LogP contribution in [0.3, 0.4) is 0 Å². The summed E-state index contributed by atoms with van der Waals surface area (Å²) >= 11 is 0. The molecule has 1 fully saturated rings. The first-order valence-electron chi connectivity index (χ1n) is 10.4. The number of nitrogens with zero attached hydrogens (tertiary/aromatic N) is 2. The maximum Gasteiger partial charge on any atom is 0.0639 e. The van der Waals surface area contributed by atoms with Crippen LogP contribution in [0.15, 0.2) is 60.7 Å². The average Bonchev–Trinajstić information content (AvgIpc) is 3.22. The molecule has 0 amide bonds. The molecule has 0 unspecified atom stereocenters. The van der Waals surface area contributed by atoms with Gasteiger partial charge in [-0.1, -0.05) is 62.4 Å². The SMILES string of the molecule is CC(C)COC[C@@H](CN(Cc1ccccc1)c1ccccc1)N1CCCC1.Cl. The van der Waals surface area contributed by atoms with Crippen LogP contribution in [0.5, 0.6) is 0 Å². The van der Waals surface area contributed by atoms with E-state index < -0.39 is 0 Å². The van der Waals surface area contributed by atoms with Crippen molar-refractivity contribution in [2.24, 2.45) is 5.92 Å². The van der Waals surface area contributed by atoms with E-state index in [9.17, 15) is 0 Å². The zero-order chi connectivity index (χ0) is 18.9. The highest BCUT2D eigenvalue weighted by Crippen LogP contribution is 2.20. The van der Waals surface area contributed by atoms with Crippen LogP contribution in [0.1, 0.15) is 32.3 Å². The highest BCUT2D eigenvalue weighted by molar-refractivity contribution is 5.85. The Morgan fingerprint density at radius 3 is 2.11 bits per heavy atom.